The first-order valence-corrected chi connectivity index (χ1v) is 9.99. The van der Waals surface area contributed by atoms with Gasteiger partial charge in [0.05, 0.1) is 11.4 Å². The van der Waals surface area contributed by atoms with Crippen molar-refractivity contribution in [2.24, 2.45) is 10.7 Å². The lowest BCUT2D eigenvalue weighted by Gasteiger charge is -2.21. The fourth-order valence-corrected chi connectivity index (χ4v) is 3.50. The summed E-state index contributed by atoms with van der Waals surface area (Å²) in [6, 6.07) is 10.1. The van der Waals surface area contributed by atoms with Gasteiger partial charge in [0.1, 0.15) is 17.5 Å². The quantitative estimate of drug-likeness (QED) is 0.472. The predicted molar refractivity (Wildman–Crippen MR) is 112 cm³/mol. The Balaban J connectivity index is 1.64. The van der Waals surface area contributed by atoms with Crippen LogP contribution in [0.4, 0.5) is 5.82 Å². The van der Waals surface area contributed by atoms with E-state index in [-0.39, 0.29) is 0 Å². The average Bonchev–Trinajstić information content (AvgIpc) is 2.87. The molecule has 0 amide bonds. The Labute approximate surface area is 166 Å². The molecule has 1 aliphatic rings. The van der Waals surface area contributed by atoms with Crippen LogP contribution in [0.15, 0.2) is 29.3 Å². The predicted octanol–water partition coefficient (Wildman–Crippen LogP) is 2.76. The van der Waals surface area contributed by atoms with Gasteiger partial charge in [-0.15, -0.1) is 0 Å². The summed E-state index contributed by atoms with van der Waals surface area (Å²) in [6.45, 7) is 4.63. The van der Waals surface area contributed by atoms with Crippen molar-refractivity contribution in [1.82, 2.24) is 14.7 Å². The molecule has 0 bridgehead atoms. The minimum Gasteiger partial charge on any atom is -0.382 e. The Morgan fingerprint density at radius 1 is 1.18 bits per heavy atom. The van der Waals surface area contributed by atoms with Crippen LogP contribution in [0.3, 0.4) is 0 Å². The number of hydrogen-bond acceptors (Lipinski definition) is 4. The van der Waals surface area contributed by atoms with Crippen molar-refractivity contribution >= 4 is 11.8 Å². The lowest BCUT2D eigenvalue weighted by molar-refractivity contribution is 0.428. The van der Waals surface area contributed by atoms with Crippen LogP contribution in [-0.2, 0) is 6.42 Å². The molecule has 2 heterocycles. The zero-order valence-corrected chi connectivity index (χ0v) is 16.6. The van der Waals surface area contributed by atoms with Gasteiger partial charge in [0.15, 0.2) is 5.96 Å². The van der Waals surface area contributed by atoms with Crippen molar-refractivity contribution in [1.29, 1.82) is 5.26 Å². The smallest absolute Gasteiger partial charge is 0.191 e. The van der Waals surface area contributed by atoms with Gasteiger partial charge in [-0.2, -0.15) is 10.4 Å². The van der Waals surface area contributed by atoms with E-state index < -0.39 is 0 Å². The largest absolute Gasteiger partial charge is 0.382 e. The van der Waals surface area contributed by atoms with Gasteiger partial charge in [-0.3, -0.25) is 4.99 Å². The van der Waals surface area contributed by atoms with Crippen LogP contribution < -0.4 is 11.5 Å². The van der Waals surface area contributed by atoms with E-state index >= 15 is 0 Å². The number of nitrogen functional groups attached to an aromatic ring is 1. The molecule has 7 heteroatoms. The van der Waals surface area contributed by atoms with Gasteiger partial charge in [0, 0.05) is 19.6 Å². The van der Waals surface area contributed by atoms with E-state index in [0.29, 0.717) is 36.0 Å². The molecule has 1 aliphatic heterocycles. The first-order valence-electron chi connectivity index (χ1n) is 9.99. The molecule has 1 saturated heterocycles. The number of benzene rings is 1. The molecule has 1 fully saturated rings. The maximum atomic E-state index is 9.51. The molecule has 0 radical (unpaired) electrons. The first-order chi connectivity index (χ1) is 13.6. The normalized spacial score (nSPS) is 15.3. The van der Waals surface area contributed by atoms with E-state index in [4.69, 9.17) is 11.5 Å². The summed E-state index contributed by atoms with van der Waals surface area (Å²) in [7, 11) is 0. The van der Waals surface area contributed by atoms with E-state index in [1.54, 1.807) is 4.68 Å². The molecule has 7 nitrogen and oxygen atoms in total. The van der Waals surface area contributed by atoms with Gasteiger partial charge in [-0.1, -0.05) is 30.5 Å². The van der Waals surface area contributed by atoms with E-state index in [9.17, 15) is 5.26 Å². The third-order valence-electron chi connectivity index (χ3n) is 5.16. The van der Waals surface area contributed by atoms with Crippen LogP contribution in [-0.4, -0.2) is 40.3 Å². The lowest BCUT2D eigenvalue weighted by atomic mass is 10.1. The third kappa shape index (κ3) is 4.63. The molecule has 4 N–H and O–H groups in total. The second-order valence-electron chi connectivity index (χ2n) is 7.31. The minimum atomic E-state index is 0.383. The summed E-state index contributed by atoms with van der Waals surface area (Å²) in [5.74, 6) is 1.01. The molecule has 0 atom stereocenters. The van der Waals surface area contributed by atoms with E-state index in [1.165, 1.54) is 25.7 Å². The standard InChI is InChI=1S/C21H29N7/c1-16-8-10-17(11-9-16)28-20(23)18(15-22)19(26-28)7-6-12-25-21(24)27-13-4-2-3-5-14-27/h8-11H,2-7,12-14,23H2,1H3,(H2,24,25). The van der Waals surface area contributed by atoms with Crippen molar-refractivity contribution in [3.05, 3.63) is 41.1 Å². The maximum Gasteiger partial charge on any atom is 0.191 e. The number of guanidine groups is 1. The Bertz CT molecular complexity index is 850. The molecule has 0 saturated carbocycles. The number of nitrogens with zero attached hydrogens (tertiary/aromatic N) is 5. The van der Waals surface area contributed by atoms with Crippen LogP contribution in [0.2, 0.25) is 0 Å². The van der Waals surface area contributed by atoms with Crippen molar-refractivity contribution in [3.63, 3.8) is 0 Å². The molecule has 1 aromatic heterocycles. The van der Waals surface area contributed by atoms with Crippen LogP contribution in [0, 0.1) is 18.3 Å². The maximum absolute atomic E-state index is 9.51. The summed E-state index contributed by atoms with van der Waals surface area (Å²) < 4.78 is 1.64. The fraction of sp³-hybridized carbons (Fsp3) is 0.476. The second kappa shape index (κ2) is 9.27. The van der Waals surface area contributed by atoms with E-state index in [1.807, 2.05) is 31.2 Å². The summed E-state index contributed by atoms with van der Waals surface area (Å²) in [5.41, 5.74) is 15.5. The molecular weight excluding hydrogens is 350 g/mol. The van der Waals surface area contributed by atoms with Crippen molar-refractivity contribution < 1.29 is 0 Å². The summed E-state index contributed by atoms with van der Waals surface area (Å²) in [4.78, 5) is 6.71. The minimum absolute atomic E-state index is 0.383. The third-order valence-corrected chi connectivity index (χ3v) is 5.16. The number of likely N-dealkylation sites (tertiary alicyclic amines) is 1. The van der Waals surface area contributed by atoms with Crippen LogP contribution in [0.1, 0.15) is 48.9 Å². The lowest BCUT2D eigenvalue weighted by Crippen LogP contribution is -2.38. The van der Waals surface area contributed by atoms with Crippen molar-refractivity contribution in [3.8, 4) is 11.8 Å². The molecule has 148 valence electrons. The summed E-state index contributed by atoms with van der Waals surface area (Å²) in [6.07, 6.45) is 6.31. The van der Waals surface area contributed by atoms with Gasteiger partial charge < -0.3 is 16.4 Å². The molecule has 0 aliphatic carbocycles. The molecule has 0 unspecified atom stereocenters. The van der Waals surface area contributed by atoms with Crippen molar-refractivity contribution in [2.45, 2.75) is 45.4 Å². The monoisotopic (exact) mass is 379 g/mol. The SMILES string of the molecule is Cc1ccc(-n2nc(CCCN=C(N)N3CCCCCC3)c(C#N)c2N)cc1. The number of rotatable bonds is 5. The van der Waals surface area contributed by atoms with Gasteiger partial charge in [0.25, 0.3) is 0 Å². The topological polar surface area (TPSA) is 109 Å². The molecular formula is C21H29N7. The number of aromatic nitrogens is 2. The zero-order valence-electron chi connectivity index (χ0n) is 16.6. The highest BCUT2D eigenvalue weighted by atomic mass is 15.3. The Kier molecular flexibility index (Phi) is 6.53. The highest BCUT2D eigenvalue weighted by Gasteiger charge is 2.16. The molecule has 1 aromatic carbocycles. The number of aliphatic imine (C=N–C) groups is 1. The van der Waals surface area contributed by atoms with Crippen LogP contribution in [0.25, 0.3) is 5.69 Å². The number of hydrogen-bond donors (Lipinski definition) is 2. The first kappa shape index (κ1) is 19.7. The van der Waals surface area contributed by atoms with Crippen LogP contribution >= 0.6 is 0 Å². The van der Waals surface area contributed by atoms with E-state index in [0.717, 1.165) is 30.8 Å². The molecule has 2 aromatic rings. The number of nitriles is 1. The summed E-state index contributed by atoms with van der Waals surface area (Å²) in [5, 5.41) is 14.1. The number of nitrogens with two attached hydrogens (primary N) is 2. The van der Waals surface area contributed by atoms with Gasteiger partial charge in [0.2, 0.25) is 0 Å². The fourth-order valence-electron chi connectivity index (χ4n) is 3.50. The highest BCUT2D eigenvalue weighted by molar-refractivity contribution is 5.78. The average molecular weight is 380 g/mol. The zero-order chi connectivity index (χ0) is 19.9. The highest BCUT2D eigenvalue weighted by Crippen LogP contribution is 2.22. The molecule has 3 rings (SSSR count). The molecule has 28 heavy (non-hydrogen) atoms. The van der Waals surface area contributed by atoms with Gasteiger partial charge in [-0.25, -0.2) is 4.68 Å². The molecule has 0 spiro atoms. The van der Waals surface area contributed by atoms with Crippen LogP contribution in [0.5, 0.6) is 0 Å². The number of aryl methyl sites for hydroxylation is 2. The van der Waals surface area contributed by atoms with E-state index in [2.05, 4.69) is 21.1 Å². The Morgan fingerprint density at radius 3 is 2.50 bits per heavy atom. The Morgan fingerprint density at radius 2 is 1.86 bits per heavy atom. The summed E-state index contributed by atoms with van der Waals surface area (Å²) >= 11 is 0. The number of anilines is 1. The second-order valence-corrected chi connectivity index (χ2v) is 7.31. The van der Waals surface area contributed by atoms with Gasteiger partial charge >= 0.3 is 0 Å². The Hall–Kier alpha value is -3.01. The van der Waals surface area contributed by atoms with Gasteiger partial charge in [-0.05, 0) is 44.7 Å². The van der Waals surface area contributed by atoms with Crippen molar-refractivity contribution in [2.75, 3.05) is 25.4 Å².